The Morgan fingerprint density at radius 2 is 1.61 bits per heavy atom. The Morgan fingerprint density at radius 3 is 2.27 bits per heavy atom. The number of amides is 2. The number of likely N-dealkylation sites (tertiary alicyclic amines) is 1. The summed E-state index contributed by atoms with van der Waals surface area (Å²) in [7, 11) is 1.54. The molecule has 0 spiro atoms. The summed E-state index contributed by atoms with van der Waals surface area (Å²) in [5.74, 6) is -0.609. The van der Waals surface area contributed by atoms with Crippen LogP contribution in [0.1, 0.15) is 38.5 Å². The Hall–Kier alpha value is -5.14. The van der Waals surface area contributed by atoms with Gasteiger partial charge in [-0.05, 0) is 99.6 Å². The number of hydrogen-bond acceptors (Lipinski definition) is 9. The molecule has 51 heavy (non-hydrogen) atoms. The molecule has 1 aliphatic heterocycles. The van der Waals surface area contributed by atoms with Crippen molar-refractivity contribution < 1.29 is 42.5 Å². The highest BCUT2D eigenvalue weighted by Gasteiger charge is 2.56. The Morgan fingerprint density at radius 1 is 0.902 bits per heavy atom. The zero-order valence-electron chi connectivity index (χ0n) is 28.3. The fourth-order valence-electron chi connectivity index (χ4n) is 6.11. The van der Waals surface area contributed by atoms with Gasteiger partial charge >= 0.3 is 0 Å². The maximum atomic E-state index is 15.4. The van der Waals surface area contributed by atoms with Gasteiger partial charge in [0.25, 0.3) is 0 Å². The lowest BCUT2D eigenvalue weighted by Crippen LogP contribution is -2.38. The summed E-state index contributed by atoms with van der Waals surface area (Å²) in [6.07, 6.45) is 4.83. The number of halogens is 2. The first-order chi connectivity index (χ1) is 24.7. The highest BCUT2D eigenvalue weighted by Crippen LogP contribution is 2.48. The molecule has 0 bridgehead atoms. The average molecular weight is 703 g/mol. The number of fused-ring (bicyclic) bond motifs is 1. The molecule has 13 heteroatoms. The third-order valence-electron chi connectivity index (χ3n) is 9.31. The molecule has 1 saturated carbocycles. The lowest BCUT2D eigenvalue weighted by molar-refractivity contribution is -0.131. The van der Waals surface area contributed by atoms with Gasteiger partial charge in [-0.25, -0.2) is 8.78 Å². The van der Waals surface area contributed by atoms with Gasteiger partial charge < -0.3 is 30.0 Å². The number of aliphatic hydroxyl groups excluding tert-OH is 1. The third kappa shape index (κ3) is 8.61. The van der Waals surface area contributed by atoms with E-state index < -0.39 is 28.9 Å². The first-order valence-electron chi connectivity index (χ1n) is 17.0. The zero-order chi connectivity index (χ0) is 36.0. The third-order valence-corrected chi connectivity index (χ3v) is 9.31. The molecule has 4 aromatic rings. The first kappa shape index (κ1) is 35.7. The summed E-state index contributed by atoms with van der Waals surface area (Å²) in [5, 5.41) is 14.8. The summed E-state index contributed by atoms with van der Waals surface area (Å²) in [4.78, 5) is 44.7. The molecule has 3 N–H and O–H groups in total. The van der Waals surface area contributed by atoms with Gasteiger partial charge in [0.15, 0.2) is 23.1 Å². The van der Waals surface area contributed by atoms with Crippen molar-refractivity contribution in [1.82, 2.24) is 9.88 Å². The van der Waals surface area contributed by atoms with Crippen LogP contribution in [0.3, 0.4) is 0 Å². The molecule has 268 valence electrons. The molecule has 2 amide bonds. The van der Waals surface area contributed by atoms with E-state index in [1.807, 2.05) is 0 Å². The molecule has 2 heterocycles. The molecule has 1 aliphatic carbocycles. The molecule has 1 saturated heterocycles. The van der Waals surface area contributed by atoms with Crippen molar-refractivity contribution in [3.63, 3.8) is 0 Å². The van der Waals surface area contributed by atoms with Crippen LogP contribution in [0, 0.1) is 23.0 Å². The zero-order valence-corrected chi connectivity index (χ0v) is 28.3. The fraction of sp³-hybridized carbons (Fsp3) is 0.368. The minimum absolute atomic E-state index is 0.0191. The van der Waals surface area contributed by atoms with Gasteiger partial charge in [0.2, 0.25) is 11.8 Å². The molecule has 6 rings (SSSR count). The lowest BCUT2D eigenvalue weighted by Gasteiger charge is -2.31. The lowest BCUT2D eigenvalue weighted by atomic mass is 9.97. The normalized spacial score (nSPS) is 15.6. The summed E-state index contributed by atoms with van der Waals surface area (Å²) >= 11 is 0. The van der Waals surface area contributed by atoms with Crippen LogP contribution in [0.2, 0.25) is 0 Å². The number of rotatable bonds is 15. The number of aromatic nitrogens is 1. The molecular weight excluding hydrogens is 662 g/mol. The van der Waals surface area contributed by atoms with Crippen LogP contribution in [0.4, 0.5) is 20.2 Å². The number of ketones is 1. The maximum absolute atomic E-state index is 15.4. The van der Waals surface area contributed by atoms with Crippen LogP contribution >= 0.6 is 0 Å². The van der Waals surface area contributed by atoms with Crippen molar-refractivity contribution in [1.29, 1.82) is 0 Å². The number of methoxy groups -OCH3 is 1. The van der Waals surface area contributed by atoms with Crippen LogP contribution in [-0.4, -0.2) is 72.5 Å². The number of aliphatic hydroxyl groups is 1. The summed E-state index contributed by atoms with van der Waals surface area (Å²) in [6.45, 7) is 2.45. The van der Waals surface area contributed by atoms with Crippen LogP contribution in [-0.2, 0) is 14.4 Å². The standard InChI is InChI=1S/C38H40F2N4O7/c1-49-34-21-31-29(20-35(34)50-23-24-11-16-44(17-12-24)22-28(46)3-2-18-45)32(10-15-41-31)51-33-9-8-27(19-30(33)40)43-37(48)38(13-14-38)36(47)42-26-6-4-25(39)5-7-26/h4-10,15,19-21,24,45H,2-3,11-14,16-18,22-23H2,1H3,(H,42,47)(H,43,48). The number of benzene rings is 3. The summed E-state index contributed by atoms with van der Waals surface area (Å²) < 4.78 is 46.4. The number of Topliss-reactive ketones (excluding diaryl/α,β-unsaturated/α-hetero) is 1. The highest BCUT2D eigenvalue weighted by molar-refractivity contribution is 6.16. The van der Waals surface area contributed by atoms with Gasteiger partial charge in [0, 0.05) is 48.1 Å². The fourth-order valence-corrected chi connectivity index (χ4v) is 6.11. The Bertz CT molecular complexity index is 1890. The number of nitrogens with one attached hydrogen (secondary N) is 2. The van der Waals surface area contributed by atoms with Crippen LogP contribution in [0.5, 0.6) is 23.0 Å². The topological polar surface area (TPSA) is 139 Å². The SMILES string of the molecule is COc1cc2nccc(Oc3ccc(NC(=O)C4(C(=O)Nc5ccc(F)cc5)CC4)cc3F)c2cc1OCC1CCN(CC(=O)CCCO)CC1. The van der Waals surface area contributed by atoms with Gasteiger partial charge in [-0.2, -0.15) is 0 Å². The second-order valence-corrected chi connectivity index (χ2v) is 13.0. The molecule has 11 nitrogen and oxygen atoms in total. The van der Waals surface area contributed by atoms with Crippen molar-refractivity contribution in [3.05, 3.63) is 78.5 Å². The molecule has 3 aromatic carbocycles. The number of pyridine rings is 1. The van der Waals surface area contributed by atoms with Gasteiger partial charge in [-0.15, -0.1) is 0 Å². The van der Waals surface area contributed by atoms with Gasteiger partial charge in [0.05, 0.1) is 25.8 Å². The van der Waals surface area contributed by atoms with E-state index in [-0.39, 0.29) is 29.7 Å². The molecule has 2 aliphatic rings. The van der Waals surface area contributed by atoms with E-state index >= 15 is 4.39 Å². The van der Waals surface area contributed by atoms with E-state index in [0.717, 1.165) is 32.0 Å². The van der Waals surface area contributed by atoms with E-state index in [1.165, 1.54) is 36.4 Å². The van der Waals surface area contributed by atoms with Crippen LogP contribution < -0.4 is 24.8 Å². The van der Waals surface area contributed by atoms with Crippen molar-refractivity contribution >= 4 is 39.9 Å². The second kappa shape index (κ2) is 15.8. The number of hydrogen-bond donors (Lipinski definition) is 3. The predicted octanol–water partition coefficient (Wildman–Crippen LogP) is 6.10. The van der Waals surface area contributed by atoms with Gasteiger partial charge in [-0.3, -0.25) is 24.3 Å². The van der Waals surface area contributed by atoms with Crippen molar-refractivity contribution in [3.8, 4) is 23.0 Å². The van der Waals surface area contributed by atoms with Crippen molar-refractivity contribution in [2.45, 2.75) is 38.5 Å². The summed E-state index contributed by atoms with van der Waals surface area (Å²) in [6, 6.07) is 14.3. The summed E-state index contributed by atoms with van der Waals surface area (Å²) in [5.41, 5.74) is -0.222. The molecule has 2 fully saturated rings. The monoisotopic (exact) mass is 702 g/mol. The minimum atomic E-state index is -1.30. The van der Waals surface area contributed by atoms with Crippen LogP contribution in [0.25, 0.3) is 10.9 Å². The van der Waals surface area contributed by atoms with Crippen molar-refractivity contribution in [2.24, 2.45) is 11.3 Å². The largest absolute Gasteiger partial charge is 0.493 e. The quantitative estimate of drug-likeness (QED) is 0.125. The second-order valence-electron chi connectivity index (χ2n) is 13.0. The Labute approximate surface area is 293 Å². The molecular formula is C38H40F2N4O7. The van der Waals surface area contributed by atoms with E-state index in [0.29, 0.717) is 72.7 Å². The van der Waals surface area contributed by atoms with Crippen molar-refractivity contribution in [2.75, 3.05) is 50.6 Å². The van der Waals surface area contributed by atoms with Crippen LogP contribution in [0.15, 0.2) is 66.9 Å². The number of nitrogens with zero attached hydrogens (tertiary/aromatic N) is 2. The Kier molecular flexibility index (Phi) is 11.1. The minimum Gasteiger partial charge on any atom is -0.493 e. The van der Waals surface area contributed by atoms with E-state index in [2.05, 4.69) is 20.5 Å². The highest BCUT2D eigenvalue weighted by atomic mass is 19.1. The predicted molar refractivity (Wildman–Crippen MR) is 186 cm³/mol. The first-order valence-corrected chi connectivity index (χ1v) is 17.0. The average Bonchev–Trinajstić information content (AvgIpc) is 3.95. The van der Waals surface area contributed by atoms with Gasteiger partial charge in [0.1, 0.15) is 22.8 Å². The van der Waals surface area contributed by atoms with E-state index in [4.69, 9.17) is 19.3 Å². The Balaban J connectivity index is 1.09. The number of carbonyl (C=O) groups is 3. The number of anilines is 2. The number of ether oxygens (including phenoxy) is 3. The van der Waals surface area contributed by atoms with E-state index in [1.54, 1.807) is 31.5 Å². The maximum Gasteiger partial charge on any atom is 0.240 e. The number of carbonyl (C=O) groups excluding carboxylic acids is 3. The van der Waals surface area contributed by atoms with E-state index in [9.17, 15) is 18.8 Å². The molecule has 0 unspecified atom stereocenters. The van der Waals surface area contributed by atoms with Gasteiger partial charge in [-0.1, -0.05) is 0 Å². The smallest absolute Gasteiger partial charge is 0.240 e. The molecule has 0 atom stereocenters. The molecule has 1 aromatic heterocycles. The number of piperidine rings is 1. The molecule has 0 radical (unpaired) electrons.